The lowest BCUT2D eigenvalue weighted by Crippen LogP contribution is -2.24. The van der Waals surface area contributed by atoms with E-state index in [0.717, 1.165) is 32.0 Å². The SMILES string of the molecule is Cc1nc(-c2cccs2)sc1CNC(=O)Cc1c[nH]c2ccccc12. The first-order chi connectivity index (χ1) is 12.2. The number of aromatic amines is 1. The molecule has 4 rings (SSSR count). The summed E-state index contributed by atoms with van der Waals surface area (Å²) >= 11 is 3.33. The predicted molar refractivity (Wildman–Crippen MR) is 104 cm³/mol. The van der Waals surface area contributed by atoms with E-state index in [4.69, 9.17) is 0 Å². The number of para-hydroxylation sites is 1. The van der Waals surface area contributed by atoms with Gasteiger partial charge in [0.2, 0.25) is 5.91 Å². The van der Waals surface area contributed by atoms with Gasteiger partial charge in [-0.3, -0.25) is 4.79 Å². The second kappa shape index (κ2) is 6.82. The van der Waals surface area contributed by atoms with Crippen LogP contribution in [0.2, 0.25) is 0 Å². The highest BCUT2D eigenvalue weighted by Gasteiger charge is 2.12. The lowest BCUT2D eigenvalue weighted by Gasteiger charge is -2.03. The van der Waals surface area contributed by atoms with Gasteiger partial charge in [-0.15, -0.1) is 22.7 Å². The fraction of sp³-hybridized carbons (Fsp3) is 0.158. The van der Waals surface area contributed by atoms with E-state index in [2.05, 4.69) is 26.7 Å². The van der Waals surface area contributed by atoms with Gasteiger partial charge >= 0.3 is 0 Å². The molecule has 6 heteroatoms. The largest absolute Gasteiger partial charge is 0.361 e. The summed E-state index contributed by atoms with van der Waals surface area (Å²) in [5.74, 6) is 0.0234. The number of rotatable bonds is 5. The molecule has 4 aromatic rings. The van der Waals surface area contributed by atoms with Crippen molar-refractivity contribution in [2.24, 2.45) is 0 Å². The van der Waals surface area contributed by atoms with Gasteiger partial charge in [-0.25, -0.2) is 4.98 Å². The molecule has 0 saturated heterocycles. The summed E-state index contributed by atoms with van der Waals surface area (Å²) in [7, 11) is 0. The molecule has 0 atom stereocenters. The van der Waals surface area contributed by atoms with Gasteiger partial charge in [-0.1, -0.05) is 24.3 Å². The highest BCUT2D eigenvalue weighted by atomic mass is 32.1. The molecule has 0 aliphatic rings. The molecule has 0 bridgehead atoms. The highest BCUT2D eigenvalue weighted by Crippen LogP contribution is 2.31. The van der Waals surface area contributed by atoms with Crippen LogP contribution in [0.4, 0.5) is 0 Å². The average molecular weight is 367 g/mol. The predicted octanol–water partition coefficient (Wildman–Crippen LogP) is 4.52. The molecule has 1 amide bonds. The van der Waals surface area contributed by atoms with Crippen LogP contribution in [0, 0.1) is 6.92 Å². The Morgan fingerprint density at radius 1 is 1.24 bits per heavy atom. The van der Waals surface area contributed by atoms with Crippen molar-refractivity contribution in [2.75, 3.05) is 0 Å². The van der Waals surface area contributed by atoms with Gasteiger partial charge in [0.25, 0.3) is 0 Å². The third-order valence-electron chi connectivity index (χ3n) is 4.10. The summed E-state index contributed by atoms with van der Waals surface area (Å²) < 4.78 is 0. The maximum absolute atomic E-state index is 12.3. The molecule has 1 aromatic carbocycles. The molecule has 0 saturated carbocycles. The summed E-state index contributed by atoms with van der Waals surface area (Å²) in [6.07, 6.45) is 2.29. The zero-order valence-corrected chi connectivity index (χ0v) is 15.3. The lowest BCUT2D eigenvalue weighted by molar-refractivity contribution is -0.120. The molecule has 126 valence electrons. The van der Waals surface area contributed by atoms with Crippen molar-refractivity contribution in [2.45, 2.75) is 19.9 Å². The maximum atomic E-state index is 12.3. The third kappa shape index (κ3) is 3.36. The van der Waals surface area contributed by atoms with Crippen LogP contribution in [-0.2, 0) is 17.8 Å². The van der Waals surface area contributed by atoms with Gasteiger partial charge in [-0.05, 0) is 30.0 Å². The molecule has 2 N–H and O–H groups in total. The minimum atomic E-state index is 0.0234. The monoisotopic (exact) mass is 367 g/mol. The van der Waals surface area contributed by atoms with Crippen LogP contribution in [0.3, 0.4) is 0 Å². The van der Waals surface area contributed by atoms with Gasteiger partial charge < -0.3 is 10.3 Å². The number of thiazole rings is 1. The Hall–Kier alpha value is -2.44. The fourth-order valence-electron chi connectivity index (χ4n) is 2.79. The molecule has 4 nitrogen and oxygen atoms in total. The molecule has 3 aromatic heterocycles. The molecular weight excluding hydrogens is 350 g/mol. The maximum Gasteiger partial charge on any atom is 0.224 e. The minimum Gasteiger partial charge on any atom is -0.361 e. The van der Waals surface area contributed by atoms with E-state index in [0.29, 0.717) is 13.0 Å². The number of nitrogens with zero attached hydrogens (tertiary/aromatic N) is 1. The number of thiophene rings is 1. The Kier molecular flexibility index (Phi) is 4.38. The van der Waals surface area contributed by atoms with Gasteiger partial charge in [-0.2, -0.15) is 0 Å². The number of nitrogens with one attached hydrogen (secondary N) is 2. The Bertz CT molecular complexity index is 1010. The van der Waals surface area contributed by atoms with Crippen LogP contribution < -0.4 is 5.32 Å². The number of carbonyl (C=O) groups is 1. The molecular formula is C19H17N3OS2. The first-order valence-electron chi connectivity index (χ1n) is 8.02. The van der Waals surface area contributed by atoms with Crippen LogP contribution in [0.25, 0.3) is 20.8 Å². The number of benzene rings is 1. The van der Waals surface area contributed by atoms with Gasteiger partial charge in [0.15, 0.2) is 0 Å². The van der Waals surface area contributed by atoms with Crippen molar-refractivity contribution in [1.29, 1.82) is 0 Å². The minimum absolute atomic E-state index is 0.0234. The number of aryl methyl sites for hydroxylation is 1. The number of carbonyl (C=O) groups excluding carboxylic acids is 1. The van der Waals surface area contributed by atoms with Crippen molar-refractivity contribution >= 4 is 39.5 Å². The molecule has 0 aliphatic carbocycles. The zero-order valence-electron chi connectivity index (χ0n) is 13.7. The second-order valence-corrected chi connectivity index (χ2v) is 7.85. The summed E-state index contributed by atoms with van der Waals surface area (Å²) in [4.78, 5) is 22.4. The normalized spacial score (nSPS) is 11.1. The van der Waals surface area contributed by atoms with Gasteiger partial charge in [0, 0.05) is 22.0 Å². The zero-order chi connectivity index (χ0) is 17.2. The summed E-state index contributed by atoms with van der Waals surface area (Å²) in [6.45, 7) is 2.52. The molecule has 25 heavy (non-hydrogen) atoms. The van der Waals surface area contributed by atoms with Crippen molar-refractivity contribution < 1.29 is 4.79 Å². The number of aromatic nitrogens is 2. The van der Waals surface area contributed by atoms with Crippen LogP contribution in [0.1, 0.15) is 16.1 Å². The Labute approximate surface area is 153 Å². The van der Waals surface area contributed by atoms with E-state index in [1.807, 2.05) is 43.5 Å². The Morgan fingerprint density at radius 3 is 2.96 bits per heavy atom. The number of hydrogen-bond donors (Lipinski definition) is 2. The molecule has 0 fully saturated rings. The number of H-pyrrole nitrogens is 1. The first kappa shape index (κ1) is 16.1. The third-order valence-corrected chi connectivity index (χ3v) is 6.29. The average Bonchev–Trinajstić information content (AvgIpc) is 3.34. The van der Waals surface area contributed by atoms with E-state index < -0.39 is 0 Å². The topological polar surface area (TPSA) is 57.8 Å². The van der Waals surface area contributed by atoms with Crippen LogP contribution >= 0.6 is 22.7 Å². The van der Waals surface area contributed by atoms with Crippen molar-refractivity contribution in [3.8, 4) is 9.88 Å². The fourth-order valence-corrected chi connectivity index (χ4v) is 4.59. The Morgan fingerprint density at radius 2 is 2.12 bits per heavy atom. The smallest absolute Gasteiger partial charge is 0.224 e. The lowest BCUT2D eigenvalue weighted by atomic mass is 10.1. The standard InChI is InChI=1S/C19H17N3OS2/c1-12-17(25-19(22-12)16-7-4-8-24-16)11-21-18(23)9-13-10-20-15-6-3-2-5-14(13)15/h2-8,10,20H,9,11H2,1H3,(H,21,23). The summed E-state index contributed by atoms with van der Waals surface area (Å²) in [5.41, 5.74) is 3.07. The van der Waals surface area contributed by atoms with Crippen LogP contribution in [-0.4, -0.2) is 15.9 Å². The summed E-state index contributed by atoms with van der Waals surface area (Å²) in [5, 5.41) is 7.20. The van der Waals surface area contributed by atoms with Crippen LogP contribution in [0.15, 0.2) is 48.0 Å². The van der Waals surface area contributed by atoms with Gasteiger partial charge in [0.05, 0.1) is 23.5 Å². The molecule has 0 aliphatic heterocycles. The van der Waals surface area contributed by atoms with E-state index >= 15 is 0 Å². The second-order valence-electron chi connectivity index (χ2n) is 5.82. The highest BCUT2D eigenvalue weighted by molar-refractivity contribution is 7.21. The van der Waals surface area contributed by atoms with Crippen molar-refractivity contribution in [3.63, 3.8) is 0 Å². The first-order valence-corrected chi connectivity index (χ1v) is 9.72. The van der Waals surface area contributed by atoms with Gasteiger partial charge in [0.1, 0.15) is 5.01 Å². The Balaban J connectivity index is 1.42. The van der Waals surface area contributed by atoms with E-state index in [9.17, 15) is 4.79 Å². The molecule has 0 spiro atoms. The van der Waals surface area contributed by atoms with E-state index in [1.54, 1.807) is 22.7 Å². The van der Waals surface area contributed by atoms with Crippen molar-refractivity contribution in [1.82, 2.24) is 15.3 Å². The number of hydrogen-bond acceptors (Lipinski definition) is 4. The molecule has 0 unspecified atom stereocenters. The quantitative estimate of drug-likeness (QED) is 0.545. The van der Waals surface area contributed by atoms with Crippen molar-refractivity contribution in [3.05, 3.63) is 64.1 Å². The molecule has 3 heterocycles. The van der Waals surface area contributed by atoms with Crippen LogP contribution in [0.5, 0.6) is 0 Å². The van der Waals surface area contributed by atoms with E-state index in [-0.39, 0.29) is 5.91 Å². The summed E-state index contributed by atoms with van der Waals surface area (Å²) in [6, 6.07) is 12.1. The number of fused-ring (bicyclic) bond motifs is 1. The van der Waals surface area contributed by atoms with E-state index in [1.165, 1.54) is 4.88 Å². The number of amides is 1. The molecule has 0 radical (unpaired) electrons.